The molecule has 0 saturated carbocycles. The van der Waals surface area contributed by atoms with Gasteiger partial charge in [0.05, 0.1) is 36.6 Å². The molecule has 0 bridgehead atoms. The molecule has 0 aliphatic carbocycles. The third kappa shape index (κ3) is 6.32. The largest absolute Gasteiger partial charge is 0.497 e. The Morgan fingerprint density at radius 1 is 1.10 bits per heavy atom. The highest BCUT2D eigenvalue weighted by Gasteiger charge is 2.52. The molecule has 10 nitrogen and oxygen atoms in total. The van der Waals surface area contributed by atoms with Crippen molar-refractivity contribution in [3.63, 3.8) is 0 Å². The van der Waals surface area contributed by atoms with Gasteiger partial charge >= 0.3 is 5.97 Å². The molecule has 10 heteroatoms. The Balaban J connectivity index is 1.73. The smallest absolute Gasteiger partial charge is 0.333 e. The number of anilines is 1. The van der Waals surface area contributed by atoms with E-state index in [4.69, 9.17) is 9.47 Å². The van der Waals surface area contributed by atoms with E-state index in [2.05, 4.69) is 16.8 Å². The van der Waals surface area contributed by atoms with E-state index in [-0.39, 0.29) is 36.8 Å². The maximum atomic E-state index is 14.3. The van der Waals surface area contributed by atoms with Gasteiger partial charge in [0.1, 0.15) is 5.75 Å². The lowest BCUT2D eigenvalue weighted by Gasteiger charge is -2.24. The Kier molecular flexibility index (Phi) is 8.91. The highest BCUT2D eigenvalue weighted by molar-refractivity contribution is 6.08. The van der Waals surface area contributed by atoms with Gasteiger partial charge < -0.3 is 14.4 Å². The highest BCUT2D eigenvalue weighted by Crippen LogP contribution is 2.48. The van der Waals surface area contributed by atoms with E-state index in [0.29, 0.717) is 28.3 Å². The number of azo groups is 1. The van der Waals surface area contributed by atoms with Crippen LogP contribution in [0.4, 0.5) is 17.1 Å². The van der Waals surface area contributed by atoms with Crippen LogP contribution in [0.3, 0.4) is 0 Å². The molecular weight excluding hydrogens is 524 g/mol. The summed E-state index contributed by atoms with van der Waals surface area (Å²) in [7, 11) is 1.56. The number of nitro groups is 1. The van der Waals surface area contributed by atoms with Crippen LogP contribution in [0.5, 0.6) is 5.75 Å². The SMILES string of the molecule is C=C(CC1(N=Nc2ccc(OC)cc2)C(=O)N(Cc2ccc([N+](=O)[O-])cc2)c2ccccc21)C(=O)OCC(C)CC. The lowest BCUT2D eigenvalue weighted by molar-refractivity contribution is -0.384. The second-order valence-electron chi connectivity index (χ2n) is 9.98. The average Bonchev–Trinajstić information content (AvgIpc) is 3.21. The molecule has 0 saturated heterocycles. The Hall–Kier alpha value is -4.86. The first-order valence-electron chi connectivity index (χ1n) is 13.2. The number of rotatable bonds is 12. The summed E-state index contributed by atoms with van der Waals surface area (Å²) in [6.45, 7) is 8.33. The van der Waals surface area contributed by atoms with Gasteiger partial charge in [0.15, 0.2) is 5.54 Å². The number of fused-ring (bicyclic) bond motifs is 1. The fraction of sp³-hybridized carbons (Fsp3) is 0.290. The zero-order chi connectivity index (χ0) is 29.6. The first kappa shape index (κ1) is 29.1. The molecule has 0 spiro atoms. The zero-order valence-electron chi connectivity index (χ0n) is 23.3. The number of hydrogen-bond acceptors (Lipinski definition) is 8. The maximum Gasteiger partial charge on any atom is 0.333 e. The Labute approximate surface area is 238 Å². The van der Waals surface area contributed by atoms with E-state index in [9.17, 15) is 19.7 Å². The van der Waals surface area contributed by atoms with Crippen LogP contribution in [0.25, 0.3) is 0 Å². The van der Waals surface area contributed by atoms with Crippen molar-refractivity contribution < 1.29 is 24.0 Å². The number of benzene rings is 3. The van der Waals surface area contributed by atoms with E-state index in [0.717, 1.165) is 6.42 Å². The molecule has 1 heterocycles. The van der Waals surface area contributed by atoms with Crippen molar-refractivity contribution in [2.24, 2.45) is 16.1 Å². The standard InChI is InChI=1S/C31H32N4O6/c1-5-21(2)20-41-29(36)22(3)18-31(33-32-24-12-16-26(40-4)17-13-24)27-8-6-7-9-28(27)34(30(31)37)19-23-10-14-25(15-11-23)35(38)39/h6-17,21H,3,5,18-20H2,1-2,4H3. The molecule has 1 amide bonds. The van der Waals surface area contributed by atoms with Crippen molar-refractivity contribution in [2.75, 3.05) is 18.6 Å². The highest BCUT2D eigenvalue weighted by atomic mass is 16.6. The van der Waals surface area contributed by atoms with Crippen LogP contribution in [0.15, 0.2) is 95.2 Å². The lowest BCUT2D eigenvalue weighted by atomic mass is 9.86. The molecule has 0 fully saturated rings. The summed E-state index contributed by atoms with van der Waals surface area (Å²) >= 11 is 0. The maximum absolute atomic E-state index is 14.3. The average molecular weight is 557 g/mol. The van der Waals surface area contributed by atoms with Gasteiger partial charge in [-0.1, -0.05) is 57.2 Å². The van der Waals surface area contributed by atoms with Gasteiger partial charge in [0.2, 0.25) is 0 Å². The van der Waals surface area contributed by atoms with Gasteiger partial charge in [-0.3, -0.25) is 14.9 Å². The van der Waals surface area contributed by atoms with Crippen molar-refractivity contribution in [3.05, 3.63) is 106 Å². The molecule has 3 aromatic carbocycles. The minimum Gasteiger partial charge on any atom is -0.497 e. The number of ether oxygens (including phenoxy) is 2. The molecule has 0 N–H and O–H groups in total. The molecular formula is C31H32N4O6. The summed E-state index contributed by atoms with van der Waals surface area (Å²) in [5.74, 6) is -0.164. The third-order valence-corrected chi connectivity index (χ3v) is 7.09. The summed E-state index contributed by atoms with van der Waals surface area (Å²) < 4.78 is 10.7. The van der Waals surface area contributed by atoms with E-state index in [1.165, 1.54) is 12.1 Å². The second kappa shape index (κ2) is 12.5. The fourth-order valence-corrected chi connectivity index (χ4v) is 4.48. The number of esters is 1. The number of hydrogen-bond donors (Lipinski definition) is 0. The van der Waals surface area contributed by atoms with Crippen LogP contribution in [0.1, 0.15) is 37.8 Å². The Morgan fingerprint density at radius 2 is 1.78 bits per heavy atom. The van der Waals surface area contributed by atoms with Crippen LogP contribution in [0.2, 0.25) is 0 Å². The molecule has 2 atom stereocenters. The molecule has 0 aromatic heterocycles. The van der Waals surface area contributed by atoms with Crippen molar-refractivity contribution in [1.29, 1.82) is 0 Å². The topological polar surface area (TPSA) is 124 Å². The summed E-state index contributed by atoms with van der Waals surface area (Å²) in [5, 5.41) is 20.1. The number of amides is 1. The zero-order valence-corrected chi connectivity index (χ0v) is 23.3. The first-order valence-corrected chi connectivity index (χ1v) is 13.2. The van der Waals surface area contributed by atoms with Gasteiger partial charge in [-0.25, -0.2) is 4.79 Å². The van der Waals surface area contributed by atoms with Gasteiger partial charge in [0.25, 0.3) is 11.6 Å². The molecule has 212 valence electrons. The van der Waals surface area contributed by atoms with Crippen molar-refractivity contribution in [3.8, 4) is 5.75 Å². The summed E-state index contributed by atoms with van der Waals surface area (Å²) in [5.41, 5.74) is 0.830. The summed E-state index contributed by atoms with van der Waals surface area (Å²) in [6, 6.07) is 20.1. The first-order chi connectivity index (χ1) is 19.7. The van der Waals surface area contributed by atoms with Crippen molar-refractivity contribution >= 4 is 28.9 Å². The van der Waals surface area contributed by atoms with Gasteiger partial charge in [-0.05, 0) is 41.8 Å². The summed E-state index contributed by atoms with van der Waals surface area (Å²) in [4.78, 5) is 39.4. The van der Waals surface area contributed by atoms with E-state index in [1.54, 1.807) is 72.7 Å². The van der Waals surface area contributed by atoms with Crippen LogP contribution in [0, 0.1) is 16.0 Å². The van der Waals surface area contributed by atoms with Crippen molar-refractivity contribution in [2.45, 2.75) is 38.8 Å². The normalized spacial score (nSPS) is 16.9. The number of non-ortho nitro benzene ring substituents is 1. The Bertz CT molecular complexity index is 1470. The van der Waals surface area contributed by atoms with Gasteiger partial charge in [-0.15, -0.1) is 0 Å². The number of nitro benzene ring substituents is 1. The van der Waals surface area contributed by atoms with E-state index < -0.39 is 22.3 Å². The van der Waals surface area contributed by atoms with E-state index >= 15 is 0 Å². The second-order valence-corrected chi connectivity index (χ2v) is 9.98. The number of para-hydroxylation sites is 1. The van der Waals surface area contributed by atoms with E-state index in [1.807, 2.05) is 13.8 Å². The molecule has 1 aliphatic heterocycles. The third-order valence-electron chi connectivity index (χ3n) is 7.09. The lowest BCUT2D eigenvalue weighted by Crippen LogP contribution is -2.39. The van der Waals surface area contributed by atoms with Crippen LogP contribution in [-0.2, 0) is 26.4 Å². The molecule has 0 radical (unpaired) electrons. The minimum absolute atomic E-state index is 0.0447. The van der Waals surface area contributed by atoms with Crippen molar-refractivity contribution in [1.82, 2.24) is 0 Å². The molecule has 3 aromatic rings. The molecule has 2 unspecified atom stereocenters. The number of methoxy groups -OCH3 is 1. The fourth-order valence-electron chi connectivity index (χ4n) is 4.48. The quantitative estimate of drug-likeness (QED) is 0.0807. The number of carbonyl (C=O) groups is 2. The monoisotopic (exact) mass is 556 g/mol. The van der Waals surface area contributed by atoms with Crippen LogP contribution in [-0.4, -0.2) is 30.5 Å². The molecule has 4 rings (SSSR count). The minimum atomic E-state index is -1.58. The van der Waals surface area contributed by atoms with Crippen LogP contribution < -0.4 is 9.64 Å². The van der Waals surface area contributed by atoms with Crippen LogP contribution >= 0.6 is 0 Å². The predicted molar refractivity (Wildman–Crippen MR) is 154 cm³/mol. The summed E-state index contributed by atoms with van der Waals surface area (Å²) in [6.07, 6.45) is 0.710. The van der Waals surface area contributed by atoms with Gasteiger partial charge in [0, 0.05) is 29.7 Å². The number of nitrogens with zero attached hydrogens (tertiary/aromatic N) is 4. The Morgan fingerprint density at radius 3 is 2.41 bits per heavy atom. The molecule has 41 heavy (non-hydrogen) atoms. The number of carbonyl (C=O) groups excluding carboxylic acids is 2. The van der Waals surface area contributed by atoms with Gasteiger partial charge in [-0.2, -0.15) is 10.2 Å². The molecule has 1 aliphatic rings. The predicted octanol–water partition coefficient (Wildman–Crippen LogP) is 6.67.